The standard InChI is InChI=1S/C8H18O.C6H10O4.C4H10O2.C3H8O2/c1-3-5-6-8(4-2)7-9;7-5(8)3-1-2-4-6(9)10;1-4(6)2-3-5;1-3(5)2-4/h8-9H,3-7H2,1-2H3;1-4H2,(H,7,8)(H,9,10);4-6H,2-3H2,1H3;3-5H,2H2,1H3. The van der Waals surface area contributed by atoms with Crippen molar-refractivity contribution in [2.24, 2.45) is 5.92 Å². The second kappa shape index (κ2) is 29.9. The molecule has 0 heterocycles. The summed E-state index contributed by atoms with van der Waals surface area (Å²) in [4.78, 5) is 19.8. The minimum absolute atomic E-state index is 0.0628. The fourth-order valence-corrected chi connectivity index (χ4v) is 1.66. The van der Waals surface area contributed by atoms with Gasteiger partial charge in [0.05, 0.1) is 18.8 Å². The van der Waals surface area contributed by atoms with Crippen LogP contribution < -0.4 is 0 Å². The Bertz CT molecular complexity index is 327. The van der Waals surface area contributed by atoms with E-state index in [2.05, 4.69) is 13.8 Å². The summed E-state index contributed by atoms with van der Waals surface area (Å²) < 4.78 is 0. The molecular weight excluding hydrogens is 396 g/mol. The van der Waals surface area contributed by atoms with Gasteiger partial charge in [0, 0.05) is 26.1 Å². The smallest absolute Gasteiger partial charge is 0.303 e. The lowest BCUT2D eigenvalue weighted by atomic mass is 10.0. The molecule has 0 aromatic carbocycles. The second-order valence-electron chi connectivity index (χ2n) is 6.99. The molecule has 0 aliphatic carbocycles. The predicted molar refractivity (Wildman–Crippen MR) is 116 cm³/mol. The van der Waals surface area contributed by atoms with Gasteiger partial charge in [-0.05, 0) is 45.4 Å². The molecule has 0 aromatic rings. The van der Waals surface area contributed by atoms with Crippen LogP contribution in [0.4, 0.5) is 0 Å². The van der Waals surface area contributed by atoms with Crippen molar-refractivity contribution in [3.8, 4) is 0 Å². The number of carboxylic acids is 2. The van der Waals surface area contributed by atoms with Gasteiger partial charge < -0.3 is 35.7 Å². The van der Waals surface area contributed by atoms with Gasteiger partial charge in [-0.3, -0.25) is 9.59 Å². The topological polar surface area (TPSA) is 176 Å². The Labute approximate surface area is 181 Å². The van der Waals surface area contributed by atoms with E-state index in [4.69, 9.17) is 35.7 Å². The van der Waals surface area contributed by atoms with E-state index >= 15 is 0 Å². The molecule has 0 spiro atoms. The minimum atomic E-state index is -0.870. The van der Waals surface area contributed by atoms with Crippen LogP contribution in [-0.4, -0.2) is 79.7 Å². The fourth-order valence-electron chi connectivity index (χ4n) is 1.66. The SMILES string of the molecule is CC(O)CCO.CC(O)CO.CCCCC(CC)CO.O=C(O)CCCCC(=O)O. The van der Waals surface area contributed by atoms with E-state index in [1.54, 1.807) is 6.92 Å². The monoisotopic (exact) mass is 442 g/mol. The quantitative estimate of drug-likeness (QED) is 0.210. The average Bonchev–Trinajstić information content (AvgIpc) is 2.67. The van der Waals surface area contributed by atoms with Gasteiger partial charge in [-0.2, -0.15) is 0 Å². The van der Waals surface area contributed by atoms with Gasteiger partial charge in [0.25, 0.3) is 0 Å². The minimum Gasteiger partial charge on any atom is -0.481 e. The van der Waals surface area contributed by atoms with Gasteiger partial charge in [-0.1, -0.05) is 33.1 Å². The molecule has 9 nitrogen and oxygen atoms in total. The van der Waals surface area contributed by atoms with E-state index in [1.807, 2.05) is 0 Å². The molecule has 0 aliphatic rings. The molecular formula is C21H46O9. The van der Waals surface area contributed by atoms with E-state index in [0.29, 0.717) is 31.8 Å². The number of rotatable bonds is 13. The van der Waals surface area contributed by atoms with Crippen molar-refractivity contribution in [2.75, 3.05) is 19.8 Å². The summed E-state index contributed by atoms with van der Waals surface area (Å²) in [5.74, 6) is -1.18. The van der Waals surface area contributed by atoms with Gasteiger partial charge in [0.15, 0.2) is 0 Å². The molecule has 0 aromatic heterocycles. The lowest BCUT2D eigenvalue weighted by Gasteiger charge is -2.08. The Morgan fingerprint density at radius 1 is 0.733 bits per heavy atom. The van der Waals surface area contributed by atoms with Crippen LogP contribution in [0.15, 0.2) is 0 Å². The number of hydrogen-bond donors (Lipinski definition) is 7. The molecule has 3 unspecified atom stereocenters. The van der Waals surface area contributed by atoms with Crippen LogP contribution in [0, 0.1) is 5.92 Å². The number of carboxylic acid groups (broad SMARTS) is 2. The third kappa shape index (κ3) is 50.4. The summed E-state index contributed by atoms with van der Waals surface area (Å²) in [7, 11) is 0. The van der Waals surface area contributed by atoms with Crippen LogP contribution in [0.3, 0.4) is 0 Å². The first kappa shape index (κ1) is 36.1. The highest BCUT2D eigenvalue weighted by atomic mass is 16.4. The van der Waals surface area contributed by atoms with E-state index < -0.39 is 18.0 Å². The molecule has 7 N–H and O–H groups in total. The third-order valence-corrected chi connectivity index (χ3v) is 3.64. The van der Waals surface area contributed by atoms with Crippen LogP contribution in [0.1, 0.15) is 85.5 Å². The average molecular weight is 443 g/mol. The van der Waals surface area contributed by atoms with Crippen molar-refractivity contribution in [1.29, 1.82) is 0 Å². The molecule has 0 radical (unpaired) electrons. The lowest BCUT2D eigenvalue weighted by molar-refractivity contribution is -0.139. The summed E-state index contributed by atoms with van der Waals surface area (Å²) in [5, 5.41) is 57.5. The highest BCUT2D eigenvalue weighted by Gasteiger charge is 2.01. The van der Waals surface area contributed by atoms with E-state index in [0.717, 1.165) is 6.42 Å². The highest BCUT2D eigenvalue weighted by molar-refractivity contribution is 5.67. The molecule has 0 aliphatic heterocycles. The molecule has 0 rings (SSSR count). The first-order chi connectivity index (χ1) is 14.0. The highest BCUT2D eigenvalue weighted by Crippen LogP contribution is 2.10. The van der Waals surface area contributed by atoms with Crippen LogP contribution in [0.25, 0.3) is 0 Å². The van der Waals surface area contributed by atoms with Gasteiger partial charge >= 0.3 is 11.9 Å². The maximum atomic E-state index is 9.90. The molecule has 0 amide bonds. The molecule has 0 saturated carbocycles. The van der Waals surface area contributed by atoms with Crippen molar-refractivity contribution in [2.45, 2.75) is 97.7 Å². The maximum absolute atomic E-state index is 9.90. The van der Waals surface area contributed by atoms with Crippen molar-refractivity contribution < 1.29 is 45.3 Å². The maximum Gasteiger partial charge on any atom is 0.303 e. The number of aliphatic carboxylic acids is 2. The Morgan fingerprint density at radius 3 is 1.33 bits per heavy atom. The Balaban J connectivity index is -0.000000156. The van der Waals surface area contributed by atoms with Gasteiger partial charge in [-0.25, -0.2) is 0 Å². The molecule has 0 bridgehead atoms. The molecule has 3 atom stereocenters. The summed E-state index contributed by atoms with van der Waals surface area (Å²) in [6.07, 6.45) is 5.42. The summed E-state index contributed by atoms with van der Waals surface area (Å²) in [6, 6.07) is 0. The Kier molecular flexibility index (Phi) is 36.1. The zero-order valence-electron chi connectivity index (χ0n) is 19.2. The second-order valence-corrected chi connectivity index (χ2v) is 6.99. The number of hydrogen-bond acceptors (Lipinski definition) is 7. The van der Waals surface area contributed by atoms with Crippen LogP contribution >= 0.6 is 0 Å². The third-order valence-electron chi connectivity index (χ3n) is 3.64. The van der Waals surface area contributed by atoms with Crippen molar-refractivity contribution in [1.82, 2.24) is 0 Å². The van der Waals surface area contributed by atoms with Gasteiger partial charge in [0.2, 0.25) is 0 Å². The lowest BCUT2D eigenvalue weighted by Crippen LogP contribution is -2.03. The zero-order chi connectivity index (χ0) is 24.4. The van der Waals surface area contributed by atoms with Crippen LogP contribution in [0.5, 0.6) is 0 Å². The molecule has 9 heteroatoms. The summed E-state index contributed by atoms with van der Waals surface area (Å²) in [6.45, 7) is 7.81. The van der Waals surface area contributed by atoms with E-state index in [1.165, 1.54) is 26.2 Å². The first-order valence-corrected chi connectivity index (χ1v) is 10.6. The Hall–Kier alpha value is -1.26. The van der Waals surface area contributed by atoms with E-state index in [-0.39, 0.29) is 32.2 Å². The Morgan fingerprint density at radius 2 is 1.17 bits per heavy atom. The van der Waals surface area contributed by atoms with Crippen molar-refractivity contribution in [3.63, 3.8) is 0 Å². The number of aliphatic hydroxyl groups is 5. The predicted octanol–water partition coefficient (Wildman–Crippen LogP) is 2.02. The molecule has 0 saturated heterocycles. The van der Waals surface area contributed by atoms with Crippen LogP contribution in [0.2, 0.25) is 0 Å². The zero-order valence-corrected chi connectivity index (χ0v) is 19.2. The van der Waals surface area contributed by atoms with E-state index in [9.17, 15) is 9.59 Å². The summed E-state index contributed by atoms with van der Waals surface area (Å²) in [5.41, 5.74) is 0. The van der Waals surface area contributed by atoms with Gasteiger partial charge in [-0.15, -0.1) is 0 Å². The van der Waals surface area contributed by atoms with Gasteiger partial charge in [0.1, 0.15) is 0 Å². The summed E-state index contributed by atoms with van der Waals surface area (Å²) >= 11 is 0. The van der Waals surface area contributed by atoms with Crippen molar-refractivity contribution in [3.05, 3.63) is 0 Å². The fraction of sp³-hybridized carbons (Fsp3) is 0.905. The van der Waals surface area contributed by atoms with Crippen molar-refractivity contribution >= 4 is 11.9 Å². The first-order valence-electron chi connectivity index (χ1n) is 10.6. The normalized spacial score (nSPS) is 12.6. The number of unbranched alkanes of at least 4 members (excludes halogenated alkanes) is 2. The molecule has 30 heavy (non-hydrogen) atoms. The number of carbonyl (C=O) groups is 2. The largest absolute Gasteiger partial charge is 0.481 e. The van der Waals surface area contributed by atoms with Crippen LogP contribution in [-0.2, 0) is 9.59 Å². The molecule has 184 valence electrons. The molecule has 0 fully saturated rings. The number of aliphatic hydroxyl groups excluding tert-OH is 5.